The zero-order valence-electron chi connectivity index (χ0n) is 6.97. The van der Waals surface area contributed by atoms with Crippen molar-refractivity contribution in [2.24, 2.45) is 0 Å². The Balaban J connectivity index is 2.51. The van der Waals surface area contributed by atoms with Crippen LogP contribution in [0.4, 0.5) is 4.39 Å². The fourth-order valence-electron chi connectivity index (χ4n) is 1.63. The van der Waals surface area contributed by atoms with Crippen molar-refractivity contribution in [3.05, 3.63) is 29.1 Å². The van der Waals surface area contributed by atoms with E-state index in [9.17, 15) is 4.39 Å². The van der Waals surface area contributed by atoms with E-state index in [1.807, 2.05) is 6.92 Å². The van der Waals surface area contributed by atoms with Gasteiger partial charge in [-0.1, -0.05) is 0 Å². The van der Waals surface area contributed by atoms with Crippen LogP contribution in [0.25, 0.3) is 0 Å². The molecule has 1 aliphatic rings. The van der Waals surface area contributed by atoms with Crippen LogP contribution in [0.5, 0.6) is 5.75 Å². The van der Waals surface area contributed by atoms with Crippen molar-refractivity contribution < 1.29 is 9.50 Å². The maximum atomic E-state index is 13.2. The van der Waals surface area contributed by atoms with Gasteiger partial charge >= 0.3 is 0 Å². The van der Waals surface area contributed by atoms with Crippen LogP contribution in [-0.2, 0) is 0 Å². The fraction of sp³-hybridized carbons (Fsp3) is 0.400. The summed E-state index contributed by atoms with van der Waals surface area (Å²) < 4.78 is 13.2. The average Bonchev–Trinajstić information content (AvgIpc) is 2.68. The fourth-order valence-corrected chi connectivity index (χ4v) is 1.63. The van der Waals surface area contributed by atoms with Gasteiger partial charge in [-0.3, -0.25) is 0 Å². The van der Waals surface area contributed by atoms with Gasteiger partial charge in [0, 0.05) is 6.07 Å². The standard InChI is InChI=1S/C10H11FO/c1-6-4-8(12)5-9(11)10(6)7-2-3-7/h4-5,7,12H,2-3H2,1H3. The highest BCUT2D eigenvalue weighted by molar-refractivity contribution is 5.39. The summed E-state index contributed by atoms with van der Waals surface area (Å²) in [5.74, 6) is 0.176. The molecule has 1 nitrogen and oxygen atoms in total. The second-order valence-electron chi connectivity index (χ2n) is 3.43. The Morgan fingerprint density at radius 3 is 2.58 bits per heavy atom. The lowest BCUT2D eigenvalue weighted by Gasteiger charge is -2.05. The number of phenolic OH excluding ortho intramolecular Hbond substituents is 1. The molecule has 0 aromatic heterocycles. The number of benzene rings is 1. The Kier molecular flexibility index (Phi) is 1.56. The van der Waals surface area contributed by atoms with Crippen LogP contribution in [0.1, 0.15) is 29.9 Å². The quantitative estimate of drug-likeness (QED) is 0.680. The maximum absolute atomic E-state index is 13.2. The van der Waals surface area contributed by atoms with E-state index in [0.717, 1.165) is 24.0 Å². The summed E-state index contributed by atoms with van der Waals surface area (Å²) in [7, 11) is 0. The molecule has 0 radical (unpaired) electrons. The van der Waals surface area contributed by atoms with Gasteiger partial charge in [0.05, 0.1) is 0 Å². The number of aromatic hydroxyl groups is 1. The molecule has 0 spiro atoms. The van der Waals surface area contributed by atoms with Gasteiger partial charge in [-0.15, -0.1) is 0 Å². The van der Waals surface area contributed by atoms with E-state index < -0.39 is 0 Å². The summed E-state index contributed by atoms with van der Waals surface area (Å²) in [5.41, 5.74) is 1.67. The van der Waals surface area contributed by atoms with Crippen LogP contribution in [0.2, 0.25) is 0 Å². The third-order valence-electron chi connectivity index (χ3n) is 2.31. The van der Waals surface area contributed by atoms with Crippen molar-refractivity contribution in [1.29, 1.82) is 0 Å². The molecule has 1 aromatic carbocycles. The largest absolute Gasteiger partial charge is 0.508 e. The first kappa shape index (κ1) is 7.59. The Bertz CT molecular complexity index is 293. The van der Waals surface area contributed by atoms with Gasteiger partial charge in [0.1, 0.15) is 11.6 Å². The summed E-state index contributed by atoms with van der Waals surface area (Å²) in [6.07, 6.45) is 2.17. The lowest BCUT2D eigenvalue weighted by Crippen LogP contribution is -1.91. The third-order valence-corrected chi connectivity index (χ3v) is 2.31. The predicted molar refractivity (Wildman–Crippen MR) is 44.8 cm³/mol. The number of phenols is 1. The van der Waals surface area contributed by atoms with Gasteiger partial charge in [-0.2, -0.15) is 0 Å². The lowest BCUT2D eigenvalue weighted by atomic mass is 10.0. The highest BCUT2D eigenvalue weighted by Crippen LogP contribution is 2.43. The van der Waals surface area contributed by atoms with E-state index in [0.29, 0.717) is 5.92 Å². The predicted octanol–water partition coefficient (Wildman–Crippen LogP) is 2.72. The Morgan fingerprint density at radius 1 is 1.42 bits per heavy atom. The van der Waals surface area contributed by atoms with Crippen LogP contribution < -0.4 is 0 Å². The molecule has 0 bridgehead atoms. The zero-order chi connectivity index (χ0) is 8.72. The monoisotopic (exact) mass is 166 g/mol. The first-order chi connectivity index (χ1) is 5.68. The molecule has 2 heteroatoms. The molecule has 2 rings (SSSR count). The van der Waals surface area contributed by atoms with Gasteiger partial charge in [-0.25, -0.2) is 4.39 Å². The molecule has 0 saturated heterocycles. The third kappa shape index (κ3) is 1.17. The second kappa shape index (κ2) is 2.47. The topological polar surface area (TPSA) is 20.2 Å². The second-order valence-corrected chi connectivity index (χ2v) is 3.43. The molecule has 1 aromatic rings. The highest BCUT2D eigenvalue weighted by Gasteiger charge is 2.28. The van der Waals surface area contributed by atoms with Crippen LogP contribution in [0, 0.1) is 12.7 Å². The molecule has 64 valence electrons. The molecule has 12 heavy (non-hydrogen) atoms. The molecule has 1 fully saturated rings. The van der Waals surface area contributed by atoms with E-state index in [1.165, 1.54) is 6.07 Å². The highest BCUT2D eigenvalue weighted by atomic mass is 19.1. The number of hydrogen-bond acceptors (Lipinski definition) is 1. The Hall–Kier alpha value is -1.05. The maximum Gasteiger partial charge on any atom is 0.130 e. The van der Waals surface area contributed by atoms with E-state index in [-0.39, 0.29) is 11.6 Å². The minimum Gasteiger partial charge on any atom is -0.508 e. The van der Waals surface area contributed by atoms with Crippen molar-refractivity contribution in [2.75, 3.05) is 0 Å². The van der Waals surface area contributed by atoms with Crippen LogP contribution in [-0.4, -0.2) is 5.11 Å². The molecule has 0 aliphatic heterocycles. The SMILES string of the molecule is Cc1cc(O)cc(F)c1C1CC1. The normalized spacial score (nSPS) is 16.5. The van der Waals surface area contributed by atoms with Crippen molar-refractivity contribution in [1.82, 2.24) is 0 Å². The van der Waals surface area contributed by atoms with Gasteiger partial charge in [0.25, 0.3) is 0 Å². The molecule has 1 aliphatic carbocycles. The van der Waals surface area contributed by atoms with E-state index >= 15 is 0 Å². The number of hydrogen-bond donors (Lipinski definition) is 1. The van der Waals surface area contributed by atoms with E-state index in [1.54, 1.807) is 6.07 Å². The van der Waals surface area contributed by atoms with Crippen molar-refractivity contribution in [3.63, 3.8) is 0 Å². The molecular formula is C10H11FO. The lowest BCUT2D eigenvalue weighted by molar-refractivity contribution is 0.467. The first-order valence-corrected chi connectivity index (χ1v) is 4.17. The van der Waals surface area contributed by atoms with Gasteiger partial charge in [0.15, 0.2) is 0 Å². The minimum absolute atomic E-state index is 0.0226. The average molecular weight is 166 g/mol. The molecule has 0 atom stereocenters. The summed E-state index contributed by atoms with van der Waals surface area (Å²) in [6.45, 7) is 1.84. The first-order valence-electron chi connectivity index (χ1n) is 4.17. The molecule has 0 amide bonds. The van der Waals surface area contributed by atoms with Gasteiger partial charge in [0.2, 0.25) is 0 Å². The number of aryl methyl sites for hydroxylation is 1. The van der Waals surface area contributed by atoms with Gasteiger partial charge in [-0.05, 0) is 42.9 Å². The van der Waals surface area contributed by atoms with Crippen LogP contribution >= 0.6 is 0 Å². The Morgan fingerprint density at radius 2 is 2.08 bits per heavy atom. The molecule has 0 heterocycles. The summed E-state index contributed by atoms with van der Waals surface area (Å²) >= 11 is 0. The zero-order valence-corrected chi connectivity index (χ0v) is 6.97. The summed E-state index contributed by atoms with van der Waals surface area (Å²) in [6, 6.07) is 2.82. The number of halogens is 1. The van der Waals surface area contributed by atoms with Gasteiger partial charge < -0.3 is 5.11 Å². The minimum atomic E-state index is -0.255. The van der Waals surface area contributed by atoms with E-state index in [4.69, 9.17) is 5.11 Å². The van der Waals surface area contributed by atoms with Crippen molar-refractivity contribution >= 4 is 0 Å². The van der Waals surface area contributed by atoms with Crippen LogP contribution in [0.15, 0.2) is 12.1 Å². The molecule has 1 saturated carbocycles. The van der Waals surface area contributed by atoms with Crippen molar-refractivity contribution in [3.8, 4) is 5.75 Å². The van der Waals surface area contributed by atoms with Crippen molar-refractivity contribution in [2.45, 2.75) is 25.7 Å². The smallest absolute Gasteiger partial charge is 0.130 e. The number of rotatable bonds is 1. The molecule has 1 N–H and O–H groups in total. The molecular weight excluding hydrogens is 155 g/mol. The summed E-state index contributed by atoms with van der Waals surface area (Å²) in [5, 5.41) is 9.08. The molecule has 0 unspecified atom stereocenters. The van der Waals surface area contributed by atoms with Crippen LogP contribution in [0.3, 0.4) is 0 Å². The summed E-state index contributed by atoms with van der Waals surface area (Å²) in [4.78, 5) is 0. The van der Waals surface area contributed by atoms with E-state index in [2.05, 4.69) is 0 Å². The Labute approximate surface area is 70.8 Å².